The number of hydrogen-bond acceptors (Lipinski definition) is 3. The maximum absolute atomic E-state index is 13.8. The molecule has 0 aliphatic carbocycles. The molecule has 0 saturated heterocycles. The van der Waals surface area contributed by atoms with Crippen LogP contribution in [0.3, 0.4) is 0 Å². The fourth-order valence-electron chi connectivity index (χ4n) is 1.62. The Kier molecular flexibility index (Phi) is 5.60. The average Bonchev–Trinajstić information content (AvgIpc) is 2.39. The fourth-order valence-corrected chi connectivity index (χ4v) is 2.20. The van der Waals surface area contributed by atoms with Gasteiger partial charge in [-0.15, -0.1) is 0 Å². The van der Waals surface area contributed by atoms with Gasteiger partial charge in [-0.3, -0.25) is 4.79 Å². The molecular formula is C13H18F2N2OS. The molecule has 1 aromatic rings. The van der Waals surface area contributed by atoms with E-state index >= 15 is 0 Å². The molecule has 0 spiro atoms. The van der Waals surface area contributed by atoms with Crippen LogP contribution in [0.15, 0.2) is 12.1 Å². The van der Waals surface area contributed by atoms with Crippen molar-refractivity contribution in [1.29, 1.82) is 0 Å². The summed E-state index contributed by atoms with van der Waals surface area (Å²) in [6, 6.07) is 2.02. The minimum atomic E-state index is -0.992. The molecule has 0 saturated carbocycles. The van der Waals surface area contributed by atoms with Crippen molar-refractivity contribution in [3.8, 4) is 0 Å². The Morgan fingerprint density at radius 3 is 2.68 bits per heavy atom. The third kappa shape index (κ3) is 3.59. The summed E-state index contributed by atoms with van der Waals surface area (Å²) in [5, 5.41) is 0. The minimum absolute atomic E-state index is 0.0971. The number of rotatable bonds is 5. The summed E-state index contributed by atoms with van der Waals surface area (Å²) >= 11 is 1.66. The van der Waals surface area contributed by atoms with E-state index < -0.39 is 23.1 Å². The molecule has 0 fully saturated rings. The van der Waals surface area contributed by atoms with Crippen LogP contribution in [-0.2, 0) is 0 Å². The SMILES string of the molecule is CSCCC(C)N(C)C(=O)c1c(F)ccc(N)c1F. The van der Waals surface area contributed by atoms with Gasteiger partial charge in [0.1, 0.15) is 11.4 Å². The maximum atomic E-state index is 13.8. The number of nitrogens with two attached hydrogens (primary N) is 1. The number of halogens is 2. The highest BCUT2D eigenvalue weighted by atomic mass is 32.2. The predicted octanol–water partition coefficient (Wildman–Crippen LogP) is 2.76. The van der Waals surface area contributed by atoms with Gasteiger partial charge >= 0.3 is 0 Å². The van der Waals surface area contributed by atoms with Gasteiger partial charge < -0.3 is 10.6 Å². The molecule has 1 atom stereocenters. The zero-order valence-corrected chi connectivity index (χ0v) is 12.1. The molecule has 0 radical (unpaired) electrons. The predicted molar refractivity (Wildman–Crippen MR) is 75.3 cm³/mol. The first-order valence-corrected chi connectivity index (χ1v) is 7.29. The van der Waals surface area contributed by atoms with Crippen molar-refractivity contribution in [3.05, 3.63) is 29.3 Å². The largest absolute Gasteiger partial charge is 0.396 e. The van der Waals surface area contributed by atoms with Crippen molar-refractivity contribution in [2.45, 2.75) is 19.4 Å². The first-order chi connectivity index (χ1) is 8.90. The van der Waals surface area contributed by atoms with Crippen molar-refractivity contribution in [3.63, 3.8) is 0 Å². The zero-order valence-electron chi connectivity index (χ0n) is 11.2. The molecule has 0 aliphatic heterocycles. The van der Waals surface area contributed by atoms with E-state index in [1.54, 1.807) is 11.8 Å². The summed E-state index contributed by atoms with van der Waals surface area (Å²) in [5.74, 6) is -1.69. The lowest BCUT2D eigenvalue weighted by Gasteiger charge is -2.25. The first kappa shape index (κ1) is 15.8. The Hall–Kier alpha value is -1.30. The van der Waals surface area contributed by atoms with Crippen LogP contribution in [0.25, 0.3) is 0 Å². The number of carbonyl (C=O) groups is 1. The van der Waals surface area contributed by atoms with Gasteiger partial charge in [0, 0.05) is 13.1 Å². The van der Waals surface area contributed by atoms with E-state index in [1.165, 1.54) is 11.9 Å². The number of nitrogen functional groups attached to an aromatic ring is 1. The van der Waals surface area contributed by atoms with E-state index in [0.717, 1.165) is 24.3 Å². The van der Waals surface area contributed by atoms with Crippen molar-refractivity contribution in [2.75, 3.05) is 24.8 Å². The summed E-state index contributed by atoms with van der Waals surface area (Å²) in [6.07, 6.45) is 2.72. The van der Waals surface area contributed by atoms with Crippen LogP contribution in [0.5, 0.6) is 0 Å². The van der Waals surface area contributed by atoms with E-state index in [9.17, 15) is 13.6 Å². The Morgan fingerprint density at radius 1 is 1.47 bits per heavy atom. The third-order valence-electron chi connectivity index (χ3n) is 3.06. The van der Waals surface area contributed by atoms with Crippen LogP contribution in [-0.4, -0.2) is 35.9 Å². The highest BCUT2D eigenvalue weighted by Crippen LogP contribution is 2.21. The summed E-state index contributed by atoms with van der Waals surface area (Å²) in [4.78, 5) is 13.5. The third-order valence-corrected chi connectivity index (χ3v) is 3.70. The molecule has 0 bridgehead atoms. The van der Waals surface area contributed by atoms with Gasteiger partial charge in [0.05, 0.1) is 5.69 Å². The topological polar surface area (TPSA) is 46.3 Å². The van der Waals surface area contributed by atoms with Gasteiger partial charge in [0.2, 0.25) is 0 Å². The Bertz CT molecular complexity index is 468. The summed E-state index contributed by atoms with van der Waals surface area (Å²) in [7, 11) is 1.54. The van der Waals surface area contributed by atoms with Gasteiger partial charge in [-0.25, -0.2) is 8.78 Å². The number of hydrogen-bond donors (Lipinski definition) is 1. The molecule has 19 heavy (non-hydrogen) atoms. The Balaban J connectivity index is 2.97. The van der Waals surface area contributed by atoms with E-state index in [1.807, 2.05) is 13.2 Å². The molecule has 106 valence electrons. The van der Waals surface area contributed by atoms with E-state index in [2.05, 4.69) is 0 Å². The van der Waals surface area contributed by atoms with Crippen molar-refractivity contribution in [2.24, 2.45) is 0 Å². The molecule has 1 amide bonds. The molecule has 0 aromatic heterocycles. The molecule has 6 heteroatoms. The molecule has 2 N–H and O–H groups in total. The van der Waals surface area contributed by atoms with Crippen LogP contribution < -0.4 is 5.73 Å². The van der Waals surface area contributed by atoms with Crippen LogP contribution in [0, 0.1) is 11.6 Å². The van der Waals surface area contributed by atoms with Crippen LogP contribution in [0.2, 0.25) is 0 Å². The van der Waals surface area contributed by atoms with Crippen LogP contribution in [0.4, 0.5) is 14.5 Å². The second-order valence-corrected chi connectivity index (χ2v) is 5.36. The number of amides is 1. The fraction of sp³-hybridized carbons (Fsp3) is 0.462. The van der Waals surface area contributed by atoms with Gasteiger partial charge in [-0.05, 0) is 37.5 Å². The van der Waals surface area contributed by atoms with E-state index in [4.69, 9.17) is 5.73 Å². The molecular weight excluding hydrogens is 270 g/mol. The lowest BCUT2D eigenvalue weighted by molar-refractivity contribution is 0.0731. The standard InChI is InChI=1S/C13H18F2N2OS/c1-8(6-7-19-3)17(2)13(18)11-9(14)4-5-10(16)12(11)15/h4-5,8H,6-7,16H2,1-3H3. The maximum Gasteiger partial charge on any atom is 0.259 e. The first-order valence-electron chi connectivity index (χ1n) is 5.89. The number of benzene rings is 1. The number of anilines is 1. The van der Waals surface area contributed by atoms with Crippen molar-refractivity contribution >= 4 is 23.4 Å². The molecule has 1 unspecified atom stereocenters. The zero-order chi connectivity index (χ0) is 14.6. The second-order valence-electron chi connectivity index (χ2n) is 4.37. The molecule has 3 nitrogen and oxygen atoms in total. The van der Waals surface area contributed by atoms with Gasteiger partial charge in [-0.2, -0.15) is 11.8 Å². The quantitative estimate of drug-likeness (QED) is 0.847. The monoisotopic (exact) mass is 288 g/mol. The lowest BCUT2D eigenvalue weighted by atomic mass is 10.1. The molecule has 1 aromatic carbocycles. The lowest BCUT2D eigenvalue weighted by Crippen LogP contribution is -2.36. The summed E-state index contributed by atoms with van der Waals surface area (Å²) < 4.78 is 27.4. The molecule has 0 aliphatic rings. The number of carbonyl (C=O) groups excluding carboxylic acids is 1. The highest BCUT2D eigenvalue weighted by molar-refractivity contribution is 7.98. The summed E-state index contributed by atoms with van der Waals surface area (Å²) in [5.41, 5.74) is 4.56. The van der Waals surface area contributed by atoms with Crippen LogP contribution in [0.1, 0.15) is 23.7 Å². The van der Waals surface area contributed by atoms with Gasteiger partial charge in [0.25, 0.3) is 5.91 Å². The van der Waals surface area contributed by atoms with Crippen molar-refractivity contribution < 1.29 is 13.6 Å². The summed E-state index contributed by atoms with van der Waals surface area (Å²) in [6.45, 7) is 1.84. The molecule has 1 rings (SSSR count). The average molecular weight is 288 g/mol. The van der Waals surface area contributed by atoms with E-state index in [0.29, 0.717) is 0 Å². The smallest absolute Gasteiger partial charge is 0.259 e. The number of nitrogens with zero attached hydrogens (tertiary/aromatic N) is 1. The van der Waals surface area contributed by atoms with Crippen LogP contribution >= 0.6 is 11.8 Å². The second kappa shape index (κ2) is 6.75. The molecule has 0 heterocycles. The van der Waals surface area contributed by atoms with Gasteiger partial charge in [-0.1, -0.05) is 0 Å². The number of thioether (sulfide) groups is 1. The minimum Gasteiger partial charge on any atom is -0.396 e. The normalized spacial score (nSPS) is 12.3. The highest BCUT2D eigenvalue weighted by Gasteiger charge is 2.25. The Labute approximate surface area is 116 Å². The van der Waals surface area contributed by atoms with Gasteiger partial charge in [0.15, 0.2) is 5.82 Å². The Morgan fingerprint density at radius 2 is 2.11 bits per heavy atom. The van der Waals surface area contributed by atoms with E-state index in [-0.39, 0.29) is 11.7 Å². The van der Waals surface area contributed by atoms with Crippen molar-refractivity contribution in [1.82, 2.24) is 4.90 Å².